The van der Waals surface area contributed by atoms with E-state index in [2.05, 4.69) is 22.0 Å². The lowest BCUT2D eigenvalue weighted by Gasteiger charge is -2.28. The van der Waals surface area contributed by atoms with E-state index in [0.717, 1.165) is 34.9 Å². The number of benzene rings is 2. The Morgan fingerprint density at radius 1 is 1.12 bits per heavy atom. The van der Waals surface area contributed by atoms with Crippen molar-refractivity contribution in [2.24, 2.45) is 0 Å². The van der Waals surface area contributed by atoms with E-state index < -0.39 is 35.1 Å². The third-order valence-electron chi connectivity index (χ3n) is 7.69. The van der Waals surface area contributed by atoms with Crippen molar-refractivity contribution in [1.82, 2.24) is 15.1 Å². The summed E-state index contributed by atoms with van der Waals surface area (Å²) in [7, 11) is 3.73. The van der Waals surface area contributed by atoms with E-state index in [1.807, 2.05) is 43.3 Å². The first kappa shape index (κ1) is 27.7. The van der Waals surface area contributed by atoms with Gasteiger partial charge in [-0.05, 0) is 68.8 Å². The summed E-state index contributed by atoms with van der Waals surface area (Å²) in [6.07, 6.45) is 3.05. The highest BCUT2D eigenvalue weighted by Crippen LogP contribution is 2.48. The van der Waals surface area contributed by atoms with Crippen molar-refractivity contribution in [1.29, 1.82) is 5.26 Å². The van der Waals surface area contributed by atoms with Crippen LogP contribution < -0.4 is 16.0 Å². The van der Waals surface area contributed by atoms with Crippen molar-refractivity contribution in [3.8, 4) is 6.07 Å². The van der Waals surface area contributed by atoms with Crippen molar-refractivity contribution in [3.05, 3.63) is 71.4 Å². The summed E-state index contributed by atoms with van der Waals surface area (Å²) in [5.41, 5.74) is 2.46. The van der Waals surface area contributed by atoms with Crippen molar-refractivity contribution in [2.75, 3.05) is 24.7 Å². The Labute approximate surface area is 237 Å². The van der Waals surface area contributed by atoms with Gasteiger partial charge in [-0.15, -0.1) is 0 Å². The summed E-state index contributed by atoms with van der Waals surface area (Å²) in [5, 5.41) is 17.6. The molecule has 210 valence electrons. The molecule has 1 saturated heterocycles. The molecule has 2 aliphatic heterocycles. The lowest BCUT2D eigenvalue weighted by molar-refractivity contribution is -0.149. The van der Waals surface area contributed by atoms with Crippen LogP contribution in [0.1, 0.15) is 49.3 Å². The Morgan fingerprint density at radius 3 is 2.54 bits per heavy atom. The van der Waals surface area contributed by atoms with Crippen LogP contribution in [0.15, 0.2) is 60.3 Å². The van der Waals surface area contributed by atoms with Gasteiger partial charge in [-0.25, -0.2) is 0 Å². The molecule has 0 bridgehead atoms. The van der Waals surface area contributed by atoms with Crippen LogP contribution in [0, 0.1) is 11.3 Å². The van der Waals surface area contributed by atoms with E-state index in [0.29, 0.717) is 11.4 Å². The average molecular weight is 555 g/mol. The third kappa shape index (κ3) is 5.73. The molecule has 11 nitrogen and oxygen atoms in total. The Balaban J connectivity index is 1.26. The molecule has 1 saturated carbocycles. The molecule has 5 amide bonds. The summed E-state index contributed by atoms with van der Waals surface area (Å²) in [5.74, 6) is -2.57. The van der Waals surface area contributed by atoms with Gasteiger partial charge >= 0.3 is 0 Å². The fraction of sp³-hybridized carbons (Fsp3) is 0.333. The van der Waals surface area contributed by atoms with Gasteiger partial charge in [0.2, 0.25) is 17.7 Å². The first-order valence-corrected chi connectivity index (χ1v) is 13.4. The second-order valence-corrected chi connectivity index (χ2v) is 10.8. The second-order valence-electron chi connectivity index (χ2n) is 10.8. The summed E-state index contributed by atoms with van der Waals surface area (Å²) >= 11 is 0. The van der Waals surface area contributed by atoms with Gasteiger partial charge < -0.3 is 15.5 Å². The average Bonchev–Trinajstić information content (AvgIpc) is 3.69. The number of piperidine rings is 1. The second kappa shape index (κ2) is 11.0. The van der Waals surface area contributed by atoms with Crippen molar-refractivity contribution < 1.29 is 24.0 Å². The molecular formula is C30H30N6O5. The molecule has 3 N–H and O–H groups in total. The van der Waals surface area contributed by atoms with Crippen LogP contribution in [0.25, 0.3) is 0 Å². The molecule has 2 atom stereocenters. The first-order chi connectivity index (χ1) is 19.6. The van der Waals surface area contributed by atoms with E-state index in [1.165, 1.54) is 0 Å². The lowest BCUT2D eigenvalue weighted by atomic mass is 9.97. The maximum absolute atomic E-state index is 13.1. The molecule has 1 aliphatic carbocycles. The number of carbonyl (C=O) groups excluding carboxylic acids is 5. The number of nitrogens with one attached hydrogen (secondary N) is 3. The summed E-state index contributed by atoms with van der Waals surface area (Å²) in [4.78, 5) is 65.2. The molecular weight excluding hydrogens is 524 g/mol. The highest BCUT2D eigenvalue weighted by atomic mass is 16.2. The standard InChI is InChI=1S/C30H30N6O5/c1-35(2)24(16-26(38)33-21-8-4-6-19(14-21)30(17-31)11-12-30)18-5-3-7-20(13-18)32-22-15-27(39)36(29(22)41)23-9-10-25(37)34-28(23)40/h3-8,13-15,23-24,32H,9-12,16H2,1-2H3,(H,33,38)(H,34,37,40). The highest BCUT2D eigenvalue weighted by Gasteiger charge is 2.45. The number of anilines is 2. The molecule has 0 spiro atoms. The van der Waals surface area contributed by atoms with Gasteiger partial charge in [0.15, 0.2) is 0 Å². The van der Waals surface area contributed by atoms with Crippen LogP contribution in [0.4, 0.5) is 11.4 Å². The van der Waals surface area contributed by atoms with Crippen LogP contribution in [-0.2, 0) is 29.4 Å². The van der Waals surface area contributed by atoms with Crippen LogP contribution >= 0.6 is 0 Å². The minimum Gasteiger partial charge on any atom is -0.351 e. The van der Waals surface area contributed by atoms with E-state index >= 15 is 0 Å². The molecule has 41 heavy (non-hydrogen) atoms. The van der Waals surface area contributed by atoms with Gasteiger partial charge in [0.1, 0.15) is 11.7 Å². The lowest BCUT2D eigenvalue weighted by Crippen LogP contribution is -2.54. The zero-order valence-electron chi connectivity index (χ0n) is 22.8. The molecule has 0 radical (unpaired) electrons. The fourth-order valence-electron chi connectivity index (χ4n) is 5.25. The Hall–Kier alpha value is -4.82. The Kier molecular flexibility index (Phi) is 7.43. The monoisotopic (exact) mass is 554 g/mol. The zero-order valence-corrected chi connectivity index (χ0v) is 22.8. The summed E-state index contributed by atoms with van der Waals surface area (Å²) in [6, 6.07) is 15.6. The van der Waals surface area contributed by atoms with Crippen LogP contribution in [0.2, 0.25) is 0 Å². The number of amides is 5. The molecule has 2 fully saturated rings. The molecule has 2 aromatic rings. The minimum absolute atomic E-state index is 0.0154. The molecule has 11 heteroatoms. The number of imide groups is 2. The molecule has 2 aromatic carbocycles. The minimum atomic E-state index is -1.04. The topological polar surface area (TPSA) is 152 Å². The van der Waals surface area contributed by atoms with Crippen LogP contribution in [0.3, 0.4) is 0 Å². The number of nitriles is 1. The van der Waals surface area contributed by atoms with Gasteiger partial charge in [0.05, 0.1) is 11.5 Å². The van der Waals surface area contributed by atoms with Crippen molar-refractivity contribution in [2.45, 2.75) is 49.6 Å². The normalized spacial score (nSPS) is 20.3. The fourth-order valence-corrected chi connectivity index (χ4v) is 5.25. The zero-order chi connectivity index (χ0) is 29.3. The highest BCUT2D eigenvalue weighted by molar-refractivity contribution is 6.20. The molecule has 2 unspecified atom stereocenters. The number of hydrogen-bond donors (Lipinski definition) is 3. The van der Waals surface area contributed by atoms with Gasteiger partial charge in [0, 0.05) is 36.3 Å². The first-order valence-electron chi connectivity index (χ1n) is 13.4. The maximum Gasteiger partial charge on any atom is 0.278 e. The smallest absolute Gasteiger partial charge is 0.278 e. The Morgan fingerprint density at radius 2 is 1.85 bits per heavy atom. The summed E-state index contributed by atoms with van der Waals surface area (Å²) < 4.78 is 0. The van der Waals surface area contributed by atoms with Crippen molar-refractivity contribution in [3.63, 3.8) is 0 Å². The third-order valence-corrected chi connectivity index (χ3v) is 7.69. The SMILES string of the molecule is CN(C)C(CC(=O)Nc1cccc(C2(C#N)CC2)c1)c1cccc(NC2=CC(=O)N(C3CCC(=O)NC3=O)C2=O)c1. The number of hydrogen-bond acceptors (Lipinski definition) is 8. The largest absolute Gasteiger partial charge is 0.351 e. The van der Waals surface area contributed by atoms with Gasteiger partial charge in [0.25, 0.3) is 11.8 Å². The van der Waals surface area contributed by atoms with E-state index in [1.54, 1.807) is 24.3 Å². The number of nitrogens with zero attached hydrogens (tertiary/aromatic N) is 3. The van der Waals surface area contributed by atoms with Gasteiger partial charge in [-0.2, -0.15) is 5.26 Å². The predicted octanol–water partition coefficient (Wildman–Crippen LogP) is 2.34. The Bertz CT molecular complexity index is 1520. The molecule has 2 heterocycles. The van der Waals surface area contributed by atoms with Gasteiger partial charge in [-0.3, -0.25) is 34.2 Å². The summed E-state index contributed by atoms with van der Waals surface area (Å²) in [6.45, 7) is 0. The molecule has 3 aliphatic rings. The van der Waals surface area contributed by atoms with Crippen LogP contribution in [0.5, 0.6) is 0 Å². The van der Waals surface area contributed by atoms with E-state index in [-0.39, 0.29) is 36.9 Å². The van der Waals surface area contributed by atoms with E-state index in [9.17, 15) is 29.2 Å². The molecule has 0 aromatic heterocycles. The number of carbonyl (C=O) groups is 5. The maximum atomic E-state index is 13.1. The predicted molar refractivity (Wildman–Crippen MR) is 149 cm³/mol. The van der Waals surface area contributed by atoms with E-state index in [4.69, 9.17) is 0 Å². The number of rotatable bonds is 9. The van der Waals surface area contributed by atoms with Crippen LogP contribution in [-0.4, -0.2) is 59.5 Å². The quantitative estimate of drug-likeness (QED) is 0.400. The van der Waals surface area contributed by atoms with Gasteiger partial charge in [-0.1, -0.05) is 24.3 Å². The van der Waals surface area contributed by atoms with Crippen molar-refractivity contribution >= 4 is 40.9 Å². The molecule has 5 rings (SSSR count).